The van der Waals surface area contributed by atoms with E-state index in [9.17, 15) is 40.4 Å². The Balaban J connectivity index is 1.65. The lowest BCUT2D eigenvalue weighted by Crippen LogP contribution is -2.44. The Morgan fingerprint density at radius 3 is 2.11 bits per heavy atom. The number of methoxy groups -OCH3 is 1. The van der Waals surface area contributed by atoms with Crippen LogP contribution in [-0.2, 0) is 48.1 Å². The number of Topliss-reactive ketones (excluding diaryl/α,β-unsaturated/α-hetero) is 1. The van der Waals surface area contributed by atoms with E-state index in [1.165, 1.54) is 62.6 Å². The van der Waals surface area contributed by atoms with Gasteiger partial charge in [-0.2, -0.15) is 21.6 Å². The average Bonchev–Trinajstić information content (AvgIpc) is 3.00. The summed E-state index contributed by atoms with van der Waals surface area (Å²) in [6, 6.07) is 10.9. The van der Waals surface area contributed by atoms with Crippen molar-refractivity contribution >= 4 is 50.0 Å². The van der Waals surface area contributed by atoms with Crippen LogP contribution < -0.4 is 13.8 Å². The molecule has 1 N–H and O–H groups in total. The van der Waals surface area contributed by atoms with Crippen LogP contribution in [-0.4, -0.2) is 91.9 Å². The number of likely N-dealkylation sites (tertiary alicyclic amines) is 1. The maximum Gasteiger partial charge on any atom is 0.435 e. The van der Waals surface area contributed by atoms with Crippen LogP contribution in [0.5, 0.6) is 5.75 Å². The molecule has 2 aromatic rings. The van der Waals surface area contributed by atoms with Crippen LogP contribution in [0, 0.1) is 11.7 Å². The van der Waals surface area contributed by atoms with Gasteiger partial charge in [0.1, 0.15) is 18.1 Å². The van der Waals surface area contributed by atoms with Crippen LogP contribution in [0.4, 0.5) is 10.1 Å². The molecule has 0 aliphatic carbocycles. The van der Waals surface area contributed by atoms with Crippen molar-refractivity contribution in [1.82, 2.24) is 9.62 Å². The van der Waals surface area contributed by atoms with E-state index in [2.05, 4.69) is 13.1 Å². The molecule has 1 aliphatic heterocycles. The lowest BCUT2D eigenvalue weighted by Gasteiger charge is -2.33. The molecule has 246 valence electrons. The Morgan fingerprint density at radius 1 is 0.933 bits per heavy atom. The number of nitrogens with one attached hydrogen (secondary N) is 1. The first-order valence-electron chi connectivity index (χ1n) is 13.6. The predicted octanol–water partition coefficient (Wildman–Crippen LogP) is 0.964. The quantitative estimate of drug-likeness (QED) is 0.170. The van der Waals surface area contributed by atoms with Crippen molar-refractivity contribution in [2.45, 2.75) is 19.8 Å². The Kier molecular flexibility index (Phi) is 12.4. The van der Waals surface area contributed by atoms with E-state index >= 15 is 0 Å². The number of rotatable bonds is 14. The van der Waals surface area contributed by atoms with Crippen molar-refractivity contribution < 1.29 is 58.2 Å². The van der Waals surface area contributed by atoms with Crippen LogP contribution in [0.25, 0.3) is 0 Å². The molecule has 1 heterocycles. The van der Waals surface area contributed by atoms with Crippen molar-refractivity contribution in [2.24, 2.45) is 5.92 Å². The summed E-state index contributed by atoms with van der Waals surface area (Å²) in [7, 11) is -8.65. The fraction of sp³-hybridized carbons (Fsp3) is 0.407. The molecule has 1 saturated heterocycles. The minimum absolute atomic E-state index is 0.0297. The Morgan fingerprint density at radius 2 is 1.53 bits per heavy atom. The van der Waals surface area contributed by atoms with Gasteiger partial charge in [0.2, 0.25) is 0 Å². The molecule has 0 atom stereocenters. The molecule has 0 amide bonds. The molecular formula is C27H32FN3O12S2. The normalized spacial score (nSPS) is 14.3. The molecule has 1 fully saturated rings. The van der Waals surface area contributed by atoms with Crippen LogP contribution >= 0.6 is 0 Å². The van der Waals surface area contributed by atoms with Gasteiger partial charge in [-0.25, -0.2) is 18.3 Å². The second kappa shape index (κ2) is 15.7. The summed E-state index contributed by atoms with van der Waals surface area (Å²) in [6.07, 6.45) is 0.927. The van der Waals surface area contributed by atoms with Gasteiger partial charge in [-0.1, -0.05) is 0 Å². The maximum absolute atomic E-state index is 13.2. The number of ether oxygens (including phenoxy) is 2. The molecule has 0 bridgehead atoms. The number of benzene rings is 2. The first-order valence-corrected chi connectivity index (χ1v) is 16.3. The third kappa shape index (κ3) is 10.5. The summed E-state index contributed by atoms with van der Waals surface area (Å²) in [4.78, 5) is 50.4. The standard InChI is InChI=1S/C27H32FN3O12S2/c1-3-41-24(32)18-29-44(36,37)42-26(34)27(35)43-45(38,39)31(22-8-10-23(40-2)11-9-22)17-16-30-14-12-20(13-15-30)25(33)19-4-6-21(28)7-5-19/h4-11,20,29H,3,12-18H2,1-2H3. The fourth-order valence-electron chi connectivity index (χ4n) is 4.32. The number of hydrogen-bond donors (Lipinski definition) is 1. The molecule has 0 saturated carbocycles. The molecule has 0 aromatic heterocycles. The van der Waals surface area contributed by atoms with Crippen molar-refractivity contribution in [2.75, 3.05) is 50.7 Å². The summed E-state index contributed by atoms with van der Waals surface area (Å²) < 4.78 is 83.6. The van der Waals surface area contributed by atoms with Crippen molar-refractivity contribution in [3.8, 4) is 5.75 Å². The number of esters is 1. The molecule has 1 aliphatic rings. The van der Waals surface area contributed by atoms with E-state index in [0.29, 0.717) is 41.5 Å². The lowest BCUT2D eigenvalue weighted by atomic mass is 9.89. The van der Waals surface area contributed by atoms with E-state index in [0.717, 1.165) is 0 Å². The number of nitrogens with zero attached hydrogens (tertiary/aromatic N) is 2. The number of halogens is 1. The van der Waals surface area contributed by atoms with Gasteiger partial charge in [0.05, 0.1) is 25.9 Å². The number of anilines is 1. The zero-order valence-electron chi connectivity index (χ0n) is 24.3. The van der Waals surface area contributed by atoms with Gasteiger partial charge < -0.3 is 22.7 Å². The average molecular weight is 674 g/mol. The van der Waals surface area contributed by atoms with E-state index in [-0.39, 0.29) is 37.1 Å². The van der Waals surface area contributed by atoms with Crippen LogP contribution in [0.3, 0.4) is 0 Å². The Hall–Kier alpha value is -4.13. The third-order valence-electron chi connectivity index (χ3n) is 6.57. The van der Waals surface area contributed by atoms with Gasteiger partial charge >= 0.3 is 38.5 Å². The minimum Gasteiger partial charge on any atom is -0.497 e. The summed E-state index contributed by atoms with van der Waals surface area (Å²) in [5, 5.41) is 0. The second-order valence-electron chi connectivity index (χ2n) is 9.54. The van der Waals surface area contributed by atoms with Crippen LogP contribution in [0.2, 0.25) is 0 Å². The molecule has 0 spiro atoms. The number of hydrogen-bond acceptors (Lipinski definition) is 13. The molecule has 2 aromatic carbocycles. The highest BCUT2D eigenvalue weighted by molar-refractivity contribution is 7.88. The zero-order valence-corrected chi connectivity index (χ0v) is 26.0. The molecule has 18 heteroatoms. The van der Waals surface area contributed by atoms with Gasteiger partial charge in [-0.15, -0.1) is 0 Å². The number of carbonyl (C=O) groups excluding carboxylic acids is 4. The molecular weight excluding hydrogens is 641 g/mol. The van der Waals surface area contributed by atoms with Crippen molar-refractivity contribution in [1.29, 1.82) is 0 Å². The highest BCUT2D eigenvalue weighted by atomic mass is 32.2. The van der Waals surface area contributed by atoms with Crippen LogP contribution in [0.15, 0.2) is 48.5 Å². The first kappa shape index (κ1) is 35.4. The topological polar surface area (TPSA) is 192 Å². The summed E-state index contributed by atoms with van der Waals surface area (Å²) in [5.41, 5.74) is 0.427. The number of carbonyl (C=O) groups is 4. The SMILES string of the molecule is CCOC(=O)CNS(=O)(=O)OC(=O)C(=O)OS(=O)(=O)N(CCN1CCC(C(=O)c2ccc(F)cc2)CC1)c1ccc(OC)cc1. The van der Waals surface area contributed by atoms with Gasteiger partial charge in [0, 0.05) is 18.0 Å². The molecule has 3 rings (SSSR count). The molecule has 45 heavy (non-hydrogen) atoms. The molecule has 0 radical (unpaired) electrons. The van der Waals surface area contributed by atoms with Crippen molar-refractivity contribution in [3.05, 3.63) is 59.9 Å². The van der Waals surface area contributed by atoms with Gasteiger partial charge in [-0.3, -0.25) is 9.59 Å². The smallest absolute Gasteiger partial charge is 0.435 e. The highest BCUT2D eigenvalue weighted by Crippen LogP contribution is 2.25. The van der Waals surface area contributed by atoms with Gasteiger partial charge in [-0.05, 0) is 81.4 Å². The largest absolute Gasteiger partial charge is 0.497 e. The number of ketones is 1. The second-order valence-corrected chi connectivity index (χ2v) is 12.4. The highest BCUT2D eigenvalue weighted by Gasteiger charge is 2.35. The summed E-state index contributed by atoms with van der Waals surface area (Å²) in [6.45, 7) is 1.21. The van der Waals surface area contributed by atoms with E-state index in [1.54, 1.807) is 4.72 Å². The maximum atomic E-state index is 13.2. The lowest BCUT2D eigenvalue weighted by molar-refractivity contribution is -0.155. The minimum atomic E-state index is -5.05. The zero-order chi connectivity index (χ0) is 33.2. The molecule has 15 nitrogen and oxygen atoms in total. The Bertz CT molecular complexity index is 1580. The first-order chi connectivity index (χ1) is 21.2. The Labute approximate surface area is 259 Å². The van der Waals surface area contributed by atoms with E-state index in [1.807, 2.05) is 4.90 Å². The summed E-state index contributed by atoms with van der Waals surface area (Å²) >= 11 is 0. The molecule has 0 unspecified atom stereocenters. The van der Waals surface area contributed by atoms with Crippen LogP contribution in [0.1, 0.15) is 30.1 Å². The number of piperidine rings is 1. The van der Waals surface area contributed by atoms with E-state index < -0.39 is 50.9 Å². The predicted molar refractivity (Wildman–Crippen MR) is 155 cm³/mol. The fourth-order valence-corrected chi connectivity index (χ4v) is 5.97. The summed E-state index contributed by atoms with van der Waals surface area (Å²) in [5.74, 6) is -5.82. The van der Waals surface area contributed by atoms with Crippen molar-refractivity contribution in [3.63, 3.8) is 0 Å². The monoisotopic (exact) mass is 673 g/mol. The van der Waals surface area contributed by atoms with Gasteiger partial charge in [0.15, 0.2) is 5.78 Å². The van der Waals surface area contributed by atoms with Gasteiger partial charge in [0.25, 0.3) is 0 Å². The van der Waals surface area contributed by atoms with E-state index in [4.69, 9.17) is 4.74 Å². The third-order valence-corrected chi connectivity index (χ3v) is 8.73.